The third-order valence-corrected chi connectivity index (χ3v) is 3.42. The van der Waals surface area contributed by atoms with Crippen LogP contribution in [0.3, 0.4) is 0 Å². The molecule has 100 valence electrons. The first-order chi connectivity index (χ1) is 7.92. The average Bonchev–Trinajstić information content (AvgIpc) is 2.24. The van der Waals surface area contributed by atoms with Crippen molar-refractivity contribution >= 4 is 17.7 Å². The van der Waals surface area contributed by atoms with Crippen molar-refractivity contribution in [1.29, 1.82) is 0 Å². The largest absolute Gasteiger partial charge is 0.444 e. The molecule has 3 nitrogen and oxygen atoms in total. The fraction of sp³-hybridized carbons (Fsp3) is 0.923. The average molecular weight is 262 g/mol. The summed E-state index contributed by atoms with van der Waals surface area (Å²) in [6.07, 6.45) is 5.76. The molecule has 0 aromatic heterocycles. The van der Waals surface area contributed by atoms with Crippen molar-refractivity contribution in [2.24, 2.45) is 5.92 Å². The van der Waals surface area contributed by atoms with Gasteiger partial charge < -0.3 is 10.1 Å². The molecule has 0 radical (unpaired) electrons. The molecule has 1 saturated carbocycles. The molecule has 0 bridgehead atoms. The Balaban J connectivity index is 2.42. The van der Waals surface area contributed by atoms with E-state index in [0.717, 1.165) is 12.8 Å². The van der Waals surface area contributed by atoms with Crippen LogP contribution in [0.25, 0.3) is 0 Å². The number of halogens is 1. The summed E-state index contributed by atoms with van der Waals surface area (Å²) in [6, 6.07) is 0.0480. The molecular weight excluding hydrogens is 238 g/mol. The molecule has 0 heterocycles. The van der Waals surface area contributed by atoms with E-state index in [1.165, 1.54) is 19.3 Å². The van der Waals surface area contributed by atoms with Crippen molar-refractivity contribution in [3.63, 3.8) is 0 Å². The molecule has 0 aromatic rings. The minimum atomic E-state index is -0.451. The second-order valence-corrected chi connectivity index (χ2v) is 6.11. The number of carbonyl (C=O) groups excluding carboxylic acids is 1. The molecule has 1 aliphatic carbocycles. The molecule has 4 heteroatoms. The van der Waals surface area contributed by atoms with E-state index >= 15 is 0 Å². The topological polar surface area (TPSA) is 38.3 Å². The van der Waals surface area contributed by atoms with Gasteiger partial charge in [-0.25, -0.2) is 4.79 Å². The number of rotatable bonds is 3. The highest BCUT2D eigenvalue weighted by Gasteiger charge is 2.26. The van der Waals surface area contributed by atoms with Gasteiger partial charge in [0.25, 0.3) is 0 Å². The lowest BCUT2D eigenvalue weighted by Crippen LogP contribution is -2.44. The standard InChI is InChI=1S/C13H24ClNO2/c1-13(2,3)17-12(16)15-11(9-14)10-7-5-4-6-8-10/h10-11H,4-9H2,1-3H3,(H,15,16). The highest BCUT2D eigenvalue weighted by atomic mass is 35.5. The first-order valence-corrected chi connectivity index (χ1v) is 7.01. The molecule has 1 N–H and O–H groups in total. The van der Waals surface area contributed by atoms with E-state index in [0.29, 0.717) is 11.8 Å². The number of hydrogen-bond acceptors (Lipinski definition) is 2. The Bertz CT molecular complexity index is 244. The molecule has 17 heavy (non-hydrogen) atoms. The summed E-state index contributed by atoms with van der Waals surface area (Å²) in [5.74, 6) is 0.970. The Morgan fingerprint density at radius 1 is 1.35 bits per heavy atom. The Morgan fingerprint density at radius 2 is 1.94 bits per heavy atom. The smallest absolute Gasteiger partial charge is 0.407 e. The summed E-state index contributed by atoms with van der Waals surface area (Å²) < 4.78 is 5.25. The SMILES string of the molecule is CC(C)(C)OC(=O)NC(CCl)C1CCCCC1. The molecule has 1 unspecified atom stereocenters. The van der Waals surface area contributed by atoms with Gasteiger partial charge in [0.15, 0.2) is 0 Å². The first kappa shape index (κ1) is 14.6. The van der Waals surface area contributed by atoms with Gasteiger partial charge in [-0.3, -0.25) is 0 Å². The molecule has 0 spiro atoms. The summed E-state index contributed by atoms with van der Waals surface area (Å²) in [7, 11) is 0. The number of amides is 1. The highest BCUT2D eigenvalue weighted by molar-refractivity contribution is 6.18. The van der Waals surface area contributed by atoms with E-state index in [2.05, 4.69) is 5.32 Å². The fourth-order valence-electron chi connectivity index (χ4n) is 2.28. The molecule has 1 fully saturated rings. The van der Waals surface area contributed by atoms with E-state index in [9.17, 15) is 4.79 Å². The summed E-state index contributed by atoms with van der Waals surface area (Å²) in [5.41, 5.74) is -0.451. The zero-order valence-electron chi connectivity index (χ0n) is 11.1. The summed E-state index contributed by atoms with van der Waals surface area (Å²) in [4.78, 5) is 11.7. The Morgan fingerprint density at radius 3 is 2.41 bits per heavy atom. The number of alkyl halides is 1. The minimum absolute atomic E-state index is 0.0480. The van der Waals surface area contributed by atoms with Crippen LogP contribution < -0.4 is 5.32 Å². The number of alkyl carbamates (subject to hydrolysis) is 1. The van der Waals surface area contributed by atoms with Crippen molar-refractivity contribution in [2.75, 3.05) is 5.88 Å². The lowest BCUT2D eigenvalue weighted by Gasteiger charge is -2.30. The molecular formula is C13H24ClNO2. The minimum Gasteiger partial charge on any atom is -0.444 e. The van der Waals surface area contributed by atoms with Gasteiger partial charge in [0, 0.05) is 11.9 Å². The Hall–Kier alpha value is -0.440. The van der Waals surface area contributed by atoms with Gasteiger partial charge in [0.2, 0.25) is 0 Å². The zero-order chi connectivity index (χ0) is 12.9. The van der Waals surface area contributed by atoms with Crippen LogP contribution in [0.2, 0.25) is 0 Å². The van der Waals surface area contributed by atoms with Gasteiger partial charge in [-0.1, -0.05) is 19.3 Å². The Labute approximate surface area is 109 Å². The molecule has 1 atom stereocenters. The van der Waals surface area contributed by atoms with Crippen LogP contribution in [0.5, 0.6) is 0 Å². The normalized spacial score (nSPS) is 19.8. The van der Waals surface area contributed by atoms with Crippen molar-refractivity contribution in [2.45, 2.75) is 64.5 Å². The van der Waals surface area contributed by atoms with Gasteiger partial charge in [-0.05, 0) is 39.5 Å². The number of ether oxygens (including phenoxy) is 1. The van der Waals surface area contributed by atoms with Crippen molar-refractivity contribution in [3.05, 3.63) is 0 Å². The molecule has 0 saturated heterocycles. The van der Waals surface area contributed by atoms with Crippen LogP contribution in [-0.2, 0) is 4.74 Å². The monoisotopic (exact) mass is 261 g/mol. The van der Waals surface area contributed by atoms with Crippen LogP contribution in [0, 0.1) is 5.92 Å². The van der Waals surface area contributed by atoms with E-state index in [4.69, 9.17) is 16.3 Å². The van der Waals surface area contributed by atoms with Crippen molar-refractivity contribution in [1.82, 2.24) is 5.32 Å². The maximum atomic E-state index is 11.7. The molecule has 1 rings (SSSR count). The van der Waals surface area contributed by atoms with Gasteiger partial charge in [0.1, 0.15) is 5.60 Å². The maximum Gasteiger partial charge on any atom is 0.407 e. The third kappa shape index (κ3) is 5.62. The third-order valence-electron chi connectivity index (χ3n) is 3.09. The number of nitrogens with one attached hydrogen (secondary N) is 1. The highest BCUT2D eigenvalue weighted by Crippen LogP contribution is 2.27. The van der Waals surface area contributed by atoms with Crippen molar-refractivity contribution in [3.8, 4) is 0 Å². The van der Waals surface area contributed by atoms with Crippen LogP contribution in [-0.4, -0.2) is 23.6 Å². The van der Waals surface area contributed by atoms with Crippen molar-refractivity contribution < 1.29 is 9.53 Å². The molecule has 1 amide bonds. The van der Waals surface area contributed by atoms with Gasteiger partial charge in [-0.15, -0.1) is 11.6 Å². The quantitative estimate of drug-likeness (QED) is 0.787. The Kier molecular flexibility index (Phi) is 5.57. The summed E-state index contributed by atoms with van der Waals surface area (Å²) >= 11 is 5.95. The van der Waals surface area contributed by atoms with Gasteiger partial charge in [0.05, 0.1) is 0 Å². The zero-order valence-corrected chi connectivity index (χ0v) is 11.8. The van der Waals surface area contributed by atoms with Crippen LogP contribution in [0.15, 0.2) is 0 Å². The number of hydrogen-bond donors (Lipinski definition) is 1. The predicted octanol–water partition coefficient (Wildman–Crippen LogP) is 3.70. The summed E-state index contributed by atoms with van der Waals surface area (Å²) in [5, 5.41) is 2.90. The van der Waals surface area contributed by atoms with E-state index < -0.39 is 5.60 Å². The summed E-state index contributed by atoms with van der Waals surface area (Å²) in [6.45, 7) is 5.59. The van der Waals surface area contributed by atoms with Crippen LogP contribution in [0.4, 0.5) is 4.79 Å². The molecule has 0 aromatic carbocycles. The lowest BCUT2D eigenvalue weighted by molar-refractivity contribution is 0.0485. The first-order valence-electron chi connectivity index (χ1n) is 6.48. The fourth-order valence-corrected chi connectivity index (χ4v) is 2.61. The predicted molar refractivity (Wildman–Crippen MR) is 70.5 cm³/mol. The second-order valence-electron chi connectivity index (χ2n) is 5.81. The van der Waals surface area contributed by atoms with E-state index in [-0.39, 0.29) is 12.1 Å². The van der Waals surface area contributed by atoms with Crippen LogP contribution in [0.1, 0.15) is 52.9 Å². The van der Waals surface area contributed by atoms with E-state index in [1.54, 1.807) is 0 Å². The number of carbonyl (C=O) groups is 1. The molecule has 1 aliphatic rings. The van der Waals surface area contributed by atoms with Gasteiger partial charge >= 0.3 is 6.09 Å². The molecule has 0 aliphatic heterocycles. The van der Waals surface area contributed by atoms with Gasteiger partial charge in [-0.2, -0.15) is 0 Å². The lowest BCUT2D eigenvalue weighted by atomic mass is 9.84. The maximum absolute atomic E-state index is 11.7. The van der Waals surface area contributed by atoms with E-state index in [1.807, 2.05) is 20.8 Å². The van der Waals surface area contributed by atoms with Crippen LogP contribution >= 0.6 is 11.6 Å². The second kappa shape index (κ2) is 6.48.